The van der Waals surface area contributed by atoms with Crippen molar-refractivity contribution in [3.05, 3.63) is 0 Å². The maximum absolute atomic E-state index is 12.3. The van der Waals surface area contributed by atoms with Gasteiger partial charge in [0.25, 0.3) is 0 Å². The summed E-state index contributed by atoms with van der Waals surface area (Å²) >= 11 is 0. The van der Waals surface area contributed by atoms with Gasteiger partial charge in [-0.1, -0.05) is 0 Å². The van der Waals surface area contributed by atoms with E-state index in [0.29, 0.717) is 25.3 Å². The van der Waals surface area contributed by atoms with Crippen LogP contribution in [0.5, 0.6) is 0 Å². The third-order valence-corrected chi connectivity index (χ3v) is 6.56. The first-order valence-electron chi connectivity index (χ1n) is 12.7. The number of amides is 1. The lowest BCUT2D eigenvalue weighted by atomic mass is 10.1. The van der Waals surface area contributed by atoms with Crippen LogP contribution in [0.2, 0.25) is 0 Å². The molecule has 0 radical (unpaired) electrons. The van der Waals surface area contributed by atoms with Crippen molar-refractivity contribution in [2.45, 2.75) is 95.2 Å². The molecule has 0 bridgehead atoms. The minimum absolute atomic E-state index is 0.311. The Balaban J connectivity index is 1.38. The SMILES string of the molecule is COC(=O)C(CCN(C)C[C@H]1O[C@@H](N2C=NC3C(N)=NC=NC32)[C@@H]2OC(C)(C)O[C@@H]21)NC(=O)OC(C)(C)C. The third kappa shape index (κ3) is 6.25. The molecule has 0 spiro atoms. The molecule has 38 heavy (non-hydrogen) atoms. The summed E-state index contributed by atoms with van der Waals surface area (Å²) in [7, 11) is 3.19. The molecule has 0 aliphatic carbocycles. The lowest BCUT2D eigenvalue weighted by Crippen LogP contribution is -2.51. The van der Waals surface area contributed by atoms with Gasteiger partial charge in [-0.05, 0) is 48.1 Å². The molecule has 3 N–H and O–H groups in total. The highest BCUT2D eigenvalue weighted by Crippen LogP contribution is 2.41. The van der Waals surface area contributed by atoms with Gasteiger partial charge in [0.2, 0.25) is 0 Å². The number of nitrogens with one attached hydrogen (secondary N) is 1. The Morgan fingerprint density at radius 1 is 1.26 bits per heavy atom. The van der Waals surface area contributed by atoms with E-state index in [4.69, 9.17) is 29.4 Å². The van der Waals surface area contributed by atoms with Gasteiger partial charge in [-0.2, -0.15) is 0 Å². The fraction of sp³-hybridized carbons (Fsp3) is 0.792. The summed E-state index contributed by atoms with van der Waals surface area (Å²) in [6.45, 7) is 9.96. The smallest absolute Gasteiger partial charge is 0.408 e. The first kappa shape index (κ1) is 28.2. The van der Waals surface area contributed by atoms with Crippen molar-refractivity contribution in [3.63, 3.8) is 0 Å². The Morgan fingerprint density at radius 2 is 1.97 bits per heavy atom. The Hall–Kier alpha value is -2.81. The van der Waals surface area contributed by atoms with Crippen LogP contribution < -0.4 is 11.1 Å². The minimum Gasteiger partial charge on any atom is -0.467 e. The minimum atomic E-state index is -0.860. The fourth-order valence-electron chi connectivity index (χ4n) is 4.94. The summed E-state index contributed by atoms with van der Waals surface area (Å²) in [6.07, 6.45) is 0.867. The molecule has 0 aromatic rings. The molecule has 0 aromatic carbocycles. The summed E-state index contributed by atoms with van der Waals surface area (Å²) in [6, 6.07) is -1.23. The molecule has 14 heteroatoms. The first-order valence-corrected chi connectivity index (χ1v) is 12.7. The zero-order chi connectivity index (χ0) is 27.8. The maximum Gasteiger partial charge on any atom is 0.408 e. The predicted molar refractivity (Wildman–Crippen MR) is 138 cm³/mol. The number of nitrogens with zero attached hydrogens (tertiary/aromatic N) is 5. The van der Waals surface area contributed by atoms with Gasteiger partial charge in [-0.15, -0.1) is 0 Å². The second-order valence-electron chi connectivity index (χ2n) is 11.3. The zero-order valence-electron chi connectivity index (χ0n) is 23.0. The molecule has 7 atom stereocenters. The maximum atomic E-state index is 12.3. The van der Waals surface area contributed by atoms with Crippen LogP contribution in [0, 0.1) is 0 Å². The highest BCUT2D eigenvalue weighted by molar-refractivity contribution is 5.96. The molecule has 4 heterocycles. The monoisotopic (exact) mass is 537 g/mol. The van der Waals surface area contributed by atoms with E-state index >= 15 is 0 Å². The van der Waals surface area contributed by atoms with E-state index in [9.17, 15) is 9.59 Å². The standard InChI is InChI=1S/C24H39N7O7/c1-23(2,3)38-22(33)29-13(21(32)34-7)8-9-30(6)10-14-16-17(37-24(4,5)36-16)20(35-14)31-12-28-15-18(25)26-11-27-19(15)31/h11-17,19-20H,8-10H2,1-7H3,(H,29,33)(H2,25,26,27)/t13?,14-,15?,16-,17-,19?,20-/m1/s1. The van der Waals surface area contributed by atoms with Crippen molar-refractivity contribution in [3.8, 4) is 0 Å². The third-order valence-electron chi connectivity index (χ3n) is 6.56. The number of methoxy groups -OCH3 is 1. The first-order chi connectivity index (χ1) is 17.8. The second kappa shape index (κ2) is 10.8. The molecule has 14 nitrogen and oxygen atoms in total. The Morgan fingerprint density at radius 3 is 2.66 bits per heavy atom. The Bertz CT molecular complexity index is 995. The number of carbonyl (C=O) groups is 2. The van der Waals surface area contributed by atoms with Gasteiger partial charge in [0, 0.05) is 13.1 Å². The van der Waals surface area contributed by atoms with Crippen LogP contribution in [0.3, 0.4) is 0 Å². The number of likely N-dealkylation sites (N-methyl/N-ethyl adjacent to an activating group) is 1. The molecular weight excluding hydrogens is 498 g/mol. The van der Waals surface area contributed by atoms with E-state index in [1.807, 2.05) is 30.7 Å². The molecule has 4 aliphatic rings. The van der Waals surface area contributed by atoms with Gasteiger partial charge in [-0.3, -0.25) is 4.99 Å². The van der Waals surface area contributed by atoms with Gasteiger partial charge in [-0.25, -0.2) is 19.6 Å². The predicted octanol–water partition coefficient (Wildman–Crippen LogP) is 0.0573. The van der Waals surface area contributed by atoms with Crippen LogP contribution in [0.4, 0.5) is 4.79 Å². The Kier molecular flexibility index (Phi) is 7.98. The van der Waals surface area contributed by atoms with Crippen molar-refractivity contribution >= 4 is 30.6 Å². The number of ether oxygens (including phenoxy) is 5. The van der Waals surface area contributed by atoms with E-state index < -0.39 is 35.7 Å². The van der Waals surface area contributed by atoms with Crippen molar-refractivity contribution in [2.24, 2.45) is 20.7 Å². The van der Waals surface area contributed by atoms with Crippen LogP contribution in [-0.4, -0.2) is 122 Å². The van der Waals surface area contributed by atoms with Gasteiger partial charge >= 0.3 is 12.1 Å². The Labute approximate surface area is 222 Å². The number of hydrogen-bond donors (Lipinski definition) is 2. The van der Waals surface area contributed by atoms with E-state index in [1.165, 1.54) is 13.4 Å². The summed E-state index contributed by atoms with van der Waals surface area (Å²) in [5.41, 5.74) is 5.33. The average molecular weight is 538 g/mol. The number of hydrogen-bond acceptors (Lipinski definition) is 13. The summed E-state index contributed by atoms with van der Waals surface area (Å²) in [4.78, 5) is 41.4. The number of nitrogens with two attached hydrogens (primary N) is 1. The molecule has 0 aromatic heterocycles. The summed E-state index contributed by atoms with van der Waals surface area (Å²) in [5.74, 6) is -0.929. The van der Waals surface area contributed by atoms with Crippen molar-refractivity contribution in [2.75, 3.05) is 27.2 Å². The number of fused-ring (bicyclic) bond motifs is 2. The van der Waals surface area contributed by atoms with Crippen LogP contribution >= 0.6 is 0 Å². The highest BCUT2D eigenvalue weighted by atomic mass is 16.8. The number of alkyl carbamates (subject to hydrolysis) is 1. The fourth-order valence-corrected chi connectivity index (χ4v) is 4.94. The van der Waals surface area contributed by atoms with Gasteiger partial charge in [0.05, 0.1) is 13.4 Å². The number of carbonyl (C=O) groups excluding carboxylic acids is 2. The van der Waals surface area contributed by atoms with E-state index in [0.717, 1.165) is 0 Å². The van der Waals surface area contributed by atoms with Gasteiger partial charge < -0.3 is 44.5 Å². The second-order valence-corrected chi connectivity index (χ2v) is 11.3. The van der Waals surface area contributed by atoms with Gasteiger partial charge in [0.1, 0.15) is 48.2 Å². The van der Waals surface area contributed by atoms with E-state index in [1.54, 1.807) is 27.1 Å². The average Bonchev–Trinajstić information content (AvgIpc) is 3.47. The van der Waals surface area contributed by atoms with Crippen molar-refractivity contribution in [1.29, 1.82) is 0 Å². The van der Waals surface area contributed by atoms with Gasteiger partial charge in [0.15, 0.2) is 18.2 Å². The highest BCUT2D eigenvalue weighted by Gasteiger charge is 2.58. The molecule has 2 saturated heterocycles. The summed E-state index contributed by atoms with van der Waals surface area (Å²) in [5, 5.41) is 2.60. The van der Waals surface area contributed by atoms with E-state index in [2.05, 4.69) is 20.3 Å². The van der Waals surface area contributed by atoms with Crippen LogP contribution in [0.25, 0.3) is 0 Å². The quantitative estimate of drug-likeness (QED) is 0.405. The zero-order valence-corrected chi connectivity index (χ0v) is 23.0. The number of rotatable bonds is 8. The molecule has 212 valence electrons. The number of aliphatic imine (C=N–C) groups is 3. The summed E-state index contributed by atoms with van der Waals surface area (Å²) < 4.78 is 29.1. The molecule has 0 saturated carbocycles. The van der Waals surface area contributed by atoms with Crippen LogP contribution in [-0.2, 0) is 28.5 Å². The van der Waals surface area contributed by atoms with Crippen LogP contribution in [0.15, 0.2) is 15.0 Å². The topological polar surface area (TPSA) is 162 Å². The lowest BCUT2D eigenvalue weighted by Gasteiger charge is -2.33. The largest absolute Gasteiger partial charge is 0.467 e. The molecule has 4 rings (SSSR count). The molecule has 3 unspecified atom stereocenters. The lowest BCUT2D eigenvalue weighted by molar-refractivity contribution is -0.202. The molecule has 1 amide bonds. The van der Waals surface area contributed by atoms with Crippen molar-refractivity contribution < 1.29 is 33.3 Å². The van der Waals surface area contributed by atoms with Crippen molar-refractivity contribution in [1.82, 2.24) is 15.1 Å². The molecule has 2 fully saturated rings. The molecule has 4 aliphatic heterocycles. The van der Waals surface area contributed by atoms with Crippen LogP contribution in [0.1, 0.15) is 41.0 Å². The normalized spacial score (nSPS) is 32.1. The number of esters is 1. The number of amidine groups is 1. The van der Waals surface area contributed by atoms with E-state index in [-0.39, 0.29) is 30.5 Å². The molecular formula is C24H39N7O7.